The molecule has 0 bridgehead atoms. The van der Waals surface area contributed by atoms with E-state index < -0.39 is 0 Å². The van der Waals surface area contributed by atoms with Crippen molar-refractivity contribution >= 4 is 51.7 Å². The van der Waals surface area contributed by atoms with Crippen molar-refractivity contribution in [1.82, 2.24) is 14.8 Å². The summed E-state index contributed by atoms with van der Waals surface area (Å²) in [6.07, 6.45) is 2.22. The van der Waals surface area contributed by atoms with Crippen LogP contribution in [0.4, 0.5) is 5.82 Å². The second-order valence-corrected chi connectivity index (χ2v) is 9.36. The van der Waals surface area contributed by atoms with Gasteiger partial charge in [0.05, 0.1) is 11.1 Å². The van der Waals surface area contributed by atoms with Crippen LogP contribution in [0.3, 0.4) is 0 Å². The van der Waals surface area contributed by atoms with Gasteiger partial charge >= 0.3 is 0 Å². The van der Waals surface area contributed by atoms with Crippen molar-refractivity contribution < 1.29 is 9.59 Å². The molecule has 5 rings (SSSR count). The highest BCUT2D eigenvalue weighted by atomic mass is 35.5. The Morgan fingerprint density at radius 1 is 0.758 bits per heavy atom. The fraction of sp³-hybridized carbons (Fsp3) is 0.320. The third kappa shape index (κ3) is 4.50. The average molecular weight is 483 g/mol. The van der Waals surface area contributed by atoms with E-state index in [1.807, 2.05) is 35.2 Å². The van der Waals surface area contributed by atoms with Crippen LogP contribution in [-0.4, -0.2) is 65.9 Å². The average Bonchev–Trinajstić information content (AvgIpc) is 3.37. The van der Waals surface area contributed by atoms with Crippen LogP contribution in [0.5, 0.6) is 0 Å². The van der Waals surface area contributed by atoms with Gasteiger partial charge < -0.3 is 14.7 Å². The molecule has 3 heterocycles. The zero-order chi connectivity index (χ0) is 22.9. The second kappa shape index (κ2) is 9.20. The van der Waals surface area contributed by atoms with Crippen molar-refractivity contribution in [2.24, 2.45) is 0 Å². The van der Waals surface area contributed by atoms with E-state index in [-0.39, 0.29) is 11.8 Å². The number of hydrogen-bond donors (Lipinski definition) is 0. The van der Waals surface area contributed by atoms with E-state index in [4.69, 9.17) is 28.2 Å². The third-order valence-electron chi connectivity index (χ3n) is 6.30. The van der Waals surface area contributed by atoms with Crippen molar-refractivity contribution in [1.29, 1.82) is 0 Å². The Labute approximate surface area is 202 Å². The molecule has 0 unspecified atom stereocenters. The lowest BCUT2D eigenvalue weighted by molar-refractivity contribution is 0.0535. The monoisotopic (exact) mass is 482 g/mol. The maximum Gasteiger partial charge on any atom is 0.257 e. The fourth-order valence-corrected chi connectivity index (χ4v) is 5.10. The van der Waals surface area contributed by atoms with Gasteiger partial charge in [0.1, 0.15) is 5.82 Å². The minimum atomic E-state index is -0.128. The van der Waals surface area contributed by atoms with Crippen LogP contribution in [0.2, 0.25) is 10.0 Å². The van der Waals surface area contributed by atoms with Gasteiger partial charge in [-0.15, -0.1) is 0 Å². The van der Waals surface area contributed by atoms with Crippen molar-refractivity contribution in [3.05, 3.63) is 69.7 Å². The molecule has 2 aromatic carbocycles. The number of para-hydroxylation sites is 1. The Morgan fingerprint density at radius 3 is 2.03 bits per heavy atom. The normalized spacial score (nSPS) is 16.5. The Morgan fingerprint density at radius 2 is 1.36 bits per heavy atom. The largest absolute Gasteiger partial charge is 0.356 e. The number of pyridine rings is 1. The second-order valence-electron chi connectivity index (χ2n) is 8.49. The molecule has 2 aliphatic heterocycles. The van der Waals surface area contributed by atoms with Crippen LogP contribution in [0.15, 0.2) is 48.5 Å². The maximum atomic E-state index is 13.6. The van der Waals surface area contributed by atoms with Gasteiger partial charge in [-0.1, -0.05) is 41.4 Å². The number of amides is 2. The van der Waals surface area contributed by atoms with E-state index in [0.717, 1.165) is 42.7 Å². The number of aromatic nitrogens is 1. The molecule has 170 valence electrons. The lowest BCUT2D eigenvalue weighted by Gasteiger charge is -2.35. The van der Waals surface area contributed by atoms with Crippen molar-refractivity contribution in [2.45, 2.75) is 12.8 Å². The quantitative estimate of drug-likeness (QED) is 0.540. The van der Waals surface area contributed by atoms with Gasteiger partial charge in [-0.3, -0.25) is 9.59 Å². The van der Waals surface area contributed by atoms with Gasteiger partial charge in [0.25, 0.3) is 11.8 Å². The molecule has 0 aliphatic carbocycles. The Hall–Kier alpha value is -2.83. The summed E-state index contributed by atoms with van der Waals surface area (Å²) in [7, 11) is 0. The molecular formula is C25H24Cl2N4O2. The fourth-order valence-electron chi connectivity index (χ4n) is 4.58. The van der Waals surface area contributed by atoms with Gasteiger partial charge in [-0.25, -0.2) is 4.98 Å². The number of hydrogen-bond acceptors (Lipinski definition) is 4. The minimum Gasteiger partial charge on any atom is -0.356 e. The number of halogens is 2. The predicted octanol–water partition coefficient (Wildman–Crippen LogP) is 4.74. The van der Waals surface area contributed by atoms with Gasteiger partial charge in [0.2, 0.25) is 0 Å². The predicted molar refractivity (Wildman–Crippen MR) is 131 cm³/mol. The van der Waals surface area contributed by atoms with E-state index in [2.05, 4.69) is 4.90 Å². The summed E-state index contributed by atoms with van der Waals surface area (Å²) in [5.41, 5.74) is 1.99. The molecule has 2 fully saturated rings. The van der Waals surface area contributed by atoms with Crippen molar-refractivity contribution in [3.63, 3.8) is 0 Å². The van der Waals surface area contributed by atoms with E-state index in [1.165, 1.54) is 0 Å². The van der Waals surface area contributed by atoms with Gasteiger partial charge in [0, 0.05) is 60.3 Å². The maximum absolute atomic E-state index is 13.6. The zero-order valence-corrected chi connectivity index (χ0v) is 19.6. The molecule has 2 saturated heterocycles. The molecule has 0 atom stereocenters. The Bertz CT molecular complexity index is 1200. The van der Waals surface area contributed by atoms with Crippen LogP contribution in [-0.2, 0) is 0 Å². The number of anilines is 1. The van der Waals surface area contributed by atoms with E-state index >= 15 is 0 Å². The number of rotatable bonds is 3. The van der Waals surface area contributed by atoms with Gasteiger partial charge in [0.15, 0.2) is 0 Å². The van der Waals surface area contributed by atoms with Gasteiger partial charge in [-0.2, -0.15) is 0 Å². The molecule has 3 aromatic rings. The molecule has 33 heavy (non-hydrogen) atoms. The molecule has 0 N–H and O–H groups in total. The summed E-state index contributed by atoms with van der Waals surface area (Å²) in [4.78, 5) is 37.1. The minimum absolute atomic E-state index is 0.0342. The molecule has 0 saturated carbocycles. The zero-order valence-electron chi connectivity index (χ0n) is 18.1. The summed E-state index contributed by atoms with van der Waals surface area (Å²) in [5.74, 6) is 0.605. The highest BCUT2D eigenvalue weighted by Crippen LogP contribution is 2.28. The Kier molecular flexibility index (Phi) is 6.13. The van der Waals surface area contributed by atoms with Crippen LogP contribution in [0, 0.1) is 0 Å². The molecule has 0 radical (unpaired) electrons. The summed E-state index contributed by atoms with van der Waals surface area (Å²) in [6, 6.07) is 14.7. The highest BCUT2D eigenvalue weighted by Gasteiger charge is 2.29. The third-order valence-corrected chi connectivity index (χ3v) is 6.74. The number of carbonyl (C=O) groups is 2. The standard InChI is InChI=1S/C25H24Cl2N4O2/c26-19-13-18(14-20(27)16-19)24(32)30-9-11-31(12-10-30)25(33)21-15-17-5-1-2-6-22(17)28-23(21)29-7-3-4-8-29/h1-2,5-6,13-16H,3-4,7-12H2. The first-order valence-electron chi connectivity index (χ1n) is 11.2. The van der Waals surface area contributed by atoms with E-state index in [9.17, 15) is 9.59 Å². The Balaban J connectivity index is 1.35. The van der Waals surface area contributed by atoms with Gasteiger partial charge in [-0.05, 0) is 43.2 Å². The molecule has 0 spiro atoms. The molecule has 2 aliphatic rings. The number of carbonyl (C=O) groups excluding carboxylic acids is 2. The SMILES string of the molecule is O=C(c1cc(Cl)cc(Cl)c1)N1CCN(C(=O)c2cc3ccccc3nc2N2CCCC2)CC1. The highest BCUT2D eigenvalue weighted by molar-refractivity contribution is 6.35. The van der Waals surface area contributed by atoms with E-state index in [0.29, 0.717) is 47.4 Å². The first kappa shape index (κ1) is 22.0. The molecular weight excluding hydrogens is 459 g/mol. The smallest absolute Gasteiger partial charge is 0.257 e. The summed E-state index contributed by atoms with van der Waals surface area (Å²) < 4.78 is 0. The molecule has 6 nitrogen and oxygen atoms in total. The number of nitrogens with zero attached hydrogens (tertiary/aromatic N) is 4. The van der Waals surface area contributed by atoms with E-state index in [1.54, 1.807) is 23.1 Å². The van der Waals surface area contributed by atoms with Crippen LogP contribution < -0.4 is 4.90 Å². The summed E-state index contributed by atoms with van der Waals surface area (Å²) in [5, 5.41) is 1.81. The van der Waals surface area contributed by atoms with Crippen molar-refractivity contribution in [2.75, 3.05) is 44.2 Å². The van der Waals surface area contributed by atoms with Crippen molar-refractivity contribution in [3.8, 4) is 0 Å². The van der Waals surface area contributed by atoms with Crippen LogP contribution >= 0.6 is 23.2 Å². The number of fused-ring (bicyclic) bond motifs is 1. The number of benzene rings is 2. The summed E-state index contributed by atoms with van der Waals surface area (Å²) in [6.45, 7) is 3.66. The topological polar surface area (TPSA) is 56.8 Å². The lowest BCUT2D eigenvalue weighted by atomic mass is 10.1. The first-order valence-corrected chi connectivity index (χ1v) is 11.9. The van der Waals surface area contributed by atoms with Crippen LogP contribution in [0.25, 0.3) is 10.9 Å². The summed E-state index contributed by atoms with van der Waals surface area (Å²) >= 11 is 12.1. The molecule has 2 amide bonds. The molecule has 8 heteroatoms. The first-order chi connectivity index (χ1) is 16.0. The number of piperazine rings is 1. The lowest BCUT2D eigenvalue weighted by Crippen LogP contribution is -2.50. The molecule has 1 aromatic heterocycles. The van der Waals surface area contributed by atoms with Crippen LogP contribution in [0.1, 0.15) is 33.6 Å².